The minimum absolute atomic E-state index is 0.251. The van der Waals surface area contributed by atoms with Crippen LogP contribution >= 0.6 is 11.6 Å². The smallest absolute Gasteiger partial charge is 0.191 e. The molecule has 102 valence electrons. The molecule has 0 amide bonds. The van der Waals surface area contributed by atoms with Crippen molar-refractivity contribution in [3.8, 4) is 0 Å². The van der Waals surface area contributed by atoms with E-state index in [1.165, 1.54) is 0 Å². The second-order valence-electron chi connectivity index (χ2n) is 6.22. The molecule has 0 aliphatic rings. The molecule has 0 saturated heterocycles. The molecule has 0 unspecified atom stereocenters. The highest BCUT2D eigenvalue weighted by Crippen LogP contribution is 2.36. The van der Waals surface area contributed by atoms with Crippen LogP contribution in [0.4, 0.5) is 0 Å². The molecule has 4 heteroatoms. The highest BCUT2D eigenvalue weighted by molar-refractivity contribution is 6.74. The first-order chi connectivity index (χ1) is 8.15. The molecule has 18 heavy (non-hydrogen) atoms. The maximum Gasteiger partial charge on any atom is 0.191 e. The Morgan fingerprint density at radius 2 is 1.94 bits per heavy atom. The van der Waals surface area contributed by atoms with Crippen molar-refractivity contribution in [3.05, 3.63) is 28.5 Å². The van der Waals surface area contributed by atoms with Gasteiger partial charge in [0.1, 0.15) is 0 Å². The Kier molecular flexibility index (Phi) is 4.98. The van der Waals surface area contributed by atoms with Gasteiger partial charge in [0.15, 0.2) is 8.32 Å². The molecule has 0 aliphatic carbocycles. The molecule has 0 spiro atoms. The summed E-state index contributed by atoms with van der Waals surface area (Å²) < 4.78 is 6.16. The van der Waals surface area contributed by atoms with Gasteiger partial charge in [-0.15, -0.1) is 0 Å². The highest BCUT2D eigenvalue weighted by atomic mass is 35.5. The van der Waals surface area contributed by atoms with Crippen LogP contribution in [0.3, 0.4) is 0 Å². The van der Waals surface area contributed by atoms with Crippen molar-refractivity contribution in [1.82, 2.24) is 4.98 Å². The summed E-state index contributed by atoms with van der Waals surface area (Å²) in [4.78, 5) is 4.28. The molecule has 2 nitrogen and oxygen atoms in total. The first kappa shape index (κ1) is 15.7. The number of rotatable bonds is 4. The summed E-state index contributed by atoms with van der Waals surface area (Å²) in [7, 11) is -1.66. The van der Waals surface area contributed by atoms with E-state index in [4.69, 9.17) is 16.0 Å². The number of nitrogens with zero attached hydrogens (tertiary/aromatic N) is 1. The van der Waals surface area contributed by atoms with Crippen molar-refractivity contribution in [2.24, 2.45) is 0 Å². The zero-order chi connectivity index (χ0) is 14.0. The Morgan fingerprint density at radius 1 is 1.33 bits per heavy atom. The fourth-order valence-electron chi connectivity index (χ4n) is 1.49. The Bertz CT molecular complexity index is 392. The van der Waals surface area contributed by atoms with Crippen LogP contribution in [0.5, 0.6) is 0 Å². The van der Waals surface area contributed by atoms with Gasteiger partial charge in [-0.05, 0) is 43.1 Å². The average molecular weight is 286 g/mol. The van der Waals surface area contributed by atoms with Crippen molar-refractivity contribution in [1.29, 1.82) is 0 Å². The predicted octanol–water partition coefficient (Wildman–Crippen LogP) is 4.61. The summed E-state index contributed by atoms with van der Waals surface area (Å²) in [5, 5.41) is 1.04. The monoisotopic (exact) mass is 285 g/mol. The molecule has 0 aromatic carbocycles. The summed E-state index contributed by atoms with van der Waals surface area (Å²) in [6, 6.07) is 1.84. The summed E-state index contributed by atoms with van der Waals surface area (Å²) in [5.74, 6) is 0. The number of aromatic nitrogens is 1. The molecule has 1 aromatic rings. The molecular weight excluding hydrogens is 262 g/mol. The third-order valence-electron chi connectivity index (χ3n) is 3.84. The van der Waals surface area contributed by atoms with Gasteiger partial charge < -0.3 is 4.43 Å². The van der Waals surface area contributed by atoms with Crippen LogP contribution in [0.25, 0.3) is 0 Å². The minimum atomic E-state index is -1.66. The lowest BCUT2D eigenvalue weighted by atomic mass is 10.1. The Labute approximate surface area is 117 Å². The van der Waals surface area contributed by atoms with Crippen LogP contribution in [0.2, 0.25) is 23.2 Å². The molecule has 1 aromatic heterocycles. The Morgan fingerprint density at radius 3 is 2.44 bits per heavy atom. The molecule has 1 rings (SSSR count). The van der Waals surface area contributed by atoms with Crippen molar-refractivity contribution < 1.29 is 4.43 Å². The van der Waals surface area contributed by atoms with E-state index in [0.29, 0.717) is 0 Å². The van der Waals surface area contributed by atoms with Crippen molar-refractivity contribution >= 4 is 19.9 Å². The van der Waals surface area contributed by atoms with Crippen LogP contribution in [0.1, 0.15) is 32.0 Å². The van der Waals surface area contributed by atoms with E-state index in [9.17, 15) is 0 Å². The van der Waals surface area contributed by atoms with E-state index < -0.39 is 8.32 Å². The molecule has 0 radical (unpaired) electrons. The van der Waals surface area contributed by atoms with Gasteiger partial charge in [0.05, 0.1) is 0 Å². The van der Waals surface area contributed by atoms with E-state index in [1.54, 1.807) is 6.20 Å². The van der Waals surface area contributed by atoms with Crippen molar-refractivity contribution in [2.45, 2.75) is 52.2 Å². The van der Waals surface area contributed by atoms with Gasteiger partial charge >= 0.3 is 0 Å². The average Bonchev–Trinajstić information content (AvgIpc) is 2.20. The summed E-state index contributed by atoms with van der Waals surface area (Å²) >= 11 is 6.19. The zero-order valence-corrected chi connectivity index (χ0v) is 14.1. The van der Waals surface area contributed by atoms with Gasteiger partial charge in [-0.1, -0.05) is 32.4 Å². The molecule has 0 fully saturated rings. The highest BCUT2D eigenvalue weighted by Gasteiger charge is 2.36. The quantitative estimate of drug-likeness (QED) is 0.754. The summed E-state index contributed by atoms with van der Waals surface area (Å²) in [6.07, 6.45) is 2.58. The third-order valence-corrected chi connectivity index (χ3v) is 8.73. The topological polar surface area (TPSA) is 22.1 Å². The van der Waals surface area contributed by atoms with E-state index >= 15 is 0 Å². The van der Waals surface area contributed by atoms with Crippen LogP contribution in [-0.2, 0) is 10.8 Å². The van der Waals surface area contributed by atoms with E-state index in [-0.39, 0.29) is 5.04 Å². The second-order valence-corrected chi connectivity index (χ2v) is 11.4. The largest absolute Gasteiger partial charge is 0.416 e. The lowest BCUT2D eigenvalue weighted by Gasteiger charge is -2.36. The van der Waals surface area contributed by atoms with Gasteiger partial charge in [0.25, 0.3) is 0 Å². The molecule has 1 heterocycles. The van der Waals surface area contributed by atoms with Gasteiger partial charge in [0, 0.05) is 23.5 Å². The van der Waals surface area contributed by atoms with Gasteiger partial charge in [-0.2, -0.15) is 0 Å². The van der Waals surface area contributed by atoms with Gasteiger partial charge in [-0.25, -0.2) is 0 Å². The normalized spacial score (nSPS) is 12.8. The molecular formula is C14H24ClNOSi. The van der Waals surface area contributed by atoms with Crippen molar-refractivity contribution in [3.63, 3.8) is 0 Å². The van der Waals surface area contributed by atoms with Crippen LogP contribution < -0.4 is 0 Å². The van der Waals surface area contributed by atoms with Gasteiger partial charge in [-0.3, -0.25) is 4.98 Å². The minimum Gasteiger partial charge on any atom is -0.416 e. The maximum atomic E-state index is 6.19. The maximum absolute atomic E-state index is 6.19. The zero-order valence-electron chi connectivity index (χ0n) is 12.3. The molecule has 0 aliphatic heterocycles. The fraction of sp³-hybridized carbons (Fsp3) is 0.643. The predicted molar refractivity (Wildman–Crippen MR) is 80.8 cm³/mol. The first-order valence-corrected chi connectivity index (χ1v) is 9.68. The molecule has 0 bridgehead atoms. The molecule has 0 saturated carbocycles. The number of hydrogen-bond donors (Lipinski definition) is 0. The summed E-state index contributed by atoms with van der Waals surface area (Å²) in [5.41, 5.74) is 2.11. The van der Waals surface area contributed by atoms with Crippen LogP contribution in [0, 0.1) is 6.92 Å². The number of hydrogen-bond acceptors (Lipinski definition) is 2. The van der Waals surface area contributed by atoms with E-state index in [1.807, 2.05) is 13.0 Å². The first-order valence-electron chi connectivity index (χ1n) is 6.39. The van der Waals surface area contributed by atoms with Crippen molar-refractivity contribution in [2.75, 3.05) is 6.61 Å². The van der Waals surface area contributed by atoms with Crippen LogP contribution in [0.15, 0.2) is 12.3 Å². The number of aryl methyl sites for hydroxylation is 1. The Balaban J connectivity index is 2.63. The number of pyridine rings is 1. The molecule has 0 N–H and O–H groups in total. The standard InChI is InChI=1S/C14H24ClNOSi/c1-11-12(13(15)7-9-16-11)8-10-17-18(5,6)14(2,3)4/h7,9H,8,10H2,1-6H3. The fourth-order valence-corrected chi connectivity index (χ4v) is 2.82. The van der Waals surface area contributed by atoms with Gasteiger partial charge in [0.2, 0.25) is 0 Å². The number of halogens is 1. The van der Waals surface area contributed by atoms with E-state index in [2.05, 4.69) is 38.8 Å². The van der Waals surface area contributed by atoms with Crippen LogP contribution in [-0.4, -0.2) is 19.9 Å². The SMILES string of the molecule is Cc1nccc(Cl)c1CCO[Si](C)(C)C(C)(C)C. The second kappa shape index (κ2) is 5.72. The summed E-state index contributed by atoms with van der Waals surface area (Å²) in [6.45, 7) is 14.0. The molecule has 0 atom stereocenters. The lowest BCUT2D eigenvalue weighted by molar-refractivity contribution is 0.291. The Hall–Kier alpha value is -0.383. The van der Waals surface area contributed by atoms with E-state index in [0.717, 1.165) is 29.3 Å². The lowest BCUT2D eigenvalue weighted by Crippen LogP contribution is -2.41. The third kappa shape index (κ3) is 3.80.